The van der Waals surface area contributed by atoms with Gasteiger partial charge in [0, 0.05) is 0 Å². The molecule has 4 bridgehead atoms. The number of hydrogen-bond acceptors (Lipinski definition) is 2. The molecule has 1 aromatic carbocycles. The first-order valence-electron chi connectivity index (χ1n) is 9.05. The summed E-state index contributed by atoms with van der Waals surface area (Å²) in [5, 5.41) is 2.80. The van der Waals surface area contributed by atoms with Gasteiger partial charge >= 0.3 is 0 Å². The first kappa shape index (κ1) is 15.7. The zero-order chi connectivity index (χ0) is 16.9. The molecular weight excluding hydrogens is 300 g/mol. The molecule has 0 aliphatic heterocycles. The average molecular weight is 326 g/mol. The standard InChI is InChI=1S/C20H26N2O2/c1-13-2-4-16(5-3-13)19-7-14-6-15(8-19)10-20(9-14,12-19)18(24)22-11-17(21)23/h2-5,14-15H,6-12H2,1H3,(H2,21,23)(H,22,24). The lowest BCUT2D eigenvalue weighted by Crippen LogP contribution is -2.59. The first-order valence-corrected chi connectivity index (χ1v) is 9.05. The minimum absolute atomic E-state index is 0.0480. The second kappa shape index (κ2) is 5.33. The van der Waals surface area contributed by atoms with Gasteiger partial charge in [0.1, 0.15) is 0 Å². The Kier molecular flexibility index (Phi) is 3.48. The summed E-state index contributed by atoms with van der Waals surface area (Å²) in [7, 11) is 0. The van der Waals surface area contributed by atoms with Crippen LogP contribution in [0.5, 0.6) is 0 Å². The van der Waals surface area contributed by atoms with Crippen LogP contribution in [0.25, 0.3) is 0 Å². The summed E-state index contributed by atoms with van der Waals surface area (Å²) in [5.41, 5.74) is 7.72. The maximum absolute atomic E-state index is 12.9. The highest BCUT2D eigenvalue weighted by Gasteiger charge is 2.60. The van der Waals surface area contributed by atoms with E-state index in [4.69, 9.17) is 5.73 Å². The molecule has 4 heteroatoms. The van der Waals surface area contributed by atoms with E-state index >= 15 is 0 Å². The molecular formula is C20H26N2O2. The lowest BCUT2D eigenvalue weighted by molar-refractivity contribution is -0.149. The molecule has 4 aliphatic carbocycles. The van der Waals surface area contributed by atoms with Crippen molar-refractivity contribution in [1.29, 1.82) is 0 Å². The quantitative estimate of drug-likeness (QED) is 0.892. The van der Waals surface area contributed by atoms with Gasteiger partial charge in [0.15, 0.2) is 0 Å². The number of primary amides is 1. The number of hydrogen-bond donors (Lipinski definition) is 2. The van der Waals surface area contributed by atoms with E-state index in [0.29, 0.717) is 11.8 Å². The average Bonchev–Trinajstić information content (AvgIpc) is 2.51. The monoisotopic (exact) mass is 326 g/mol. The highest BCUT2D eigenvalue weighted by molar-refractivity contribution is 5.87. The smallest absolute Gasteiger partial charge is 0.236 e. The summed E-state index contributed by atoms with van der Waals surface area (Å²) in [6.45, 7) is 2.07. The molecule has 0 aromatic heterocycles. The summed E-state index contributed by atoms with van der Waals surface area (Å²) in [6.07, 6.45) is 6.54. The van der Waals surface area contributed by atoms with Gasteiger partial charge in [0.2, 0.25) is 11.8 Å². The number of amides is 2. The second-order valence-electron chi connectivity index (χ2n) is 8.54. The second-order valence-corrected chi connectivity index (χ2v) is 8.54. The minimum atomic E-state index is -0.471. The van der Waals surface area contributed by atoms with Crippen LogP contribution in [0.4, 0.5) is 0 Å². The van der Waals surface area contributed by atoms with Gasteiger partial charge in [-0.1, -0.05) is 29.8 Å². The number of rotatable bonds is 4. The summed E-state index contributed by atoms with van der Waals surface area (Å²) < 4.78 is 0. The molecule has 5 rings (SSSR count). The van der Waals surface area contributed by atoms with Gasteiger partial charge in [0.05, 0.1) is 12.0 Å². The third kappa shape index (κ3) is 2.43. The van der Waals surface area contributed by atoms with Crippen LogP contribution in [0.15, 0.2) is 24.3 Å². The van der Waals surface area contributed by atoms with E-state index in [2.05, 4.69) is 36.5 Å². The fraction of sp³-hybridized carbons (Fsp3) is 0.600. The molecule has 4 nitrogen and oxygen atoms in total. The Labute approximate surface area is 143 Å². The number of nitrogens with two attached hydrogens (primary N) is 1. The van der Waals surface area contributed by atoms with E-state index < -0.39 is 5.91 Å². The van der Waals surface area contributed by atoms with Crippen molar-refractivity contribution in [3.8, 4) is 0 Å². The number of aryl methyl sites for hydroxylation is 1. The topological polar surface area (TPSA) is 72.2 Å². The van der Waals surface area contributed by atoms with E-state index in [9.17, 15) is 9.59 Å². The van der Waals surface area contributed by atoms with Gasteiger partial charge in [-0.05, 0) is 68.3 Å². The van der Waals surface area contributed by atoms with Crippen LogP contribution < -0.4 is 11.1 Å². The molecule has 0 saturated heterocycles. The molecule has 1 aromatic rings. The molecule has 2 atom stereocenters. The van der Waals surface area contributed by atoms with Gasteiger partial charge in [-0.25, -0.2) is 0 Å². The van der Waals surface area contributed by atoms with Crippen LogP contribution >= 0.6 is 0 Å². The van der Waals surface area contributed by atoms with Crippen LogP contribution in [0, 0.1) is 24.2 Å². The Morgan fingerprint density at radius 1 is 1.12 bits per heavy atom. The largest absolute Gasteiger partial charge is 0.368 e. The van der Waals surface area contributed by atoms with Crippen molar-refractivity contribution in [2.24, 2.45) is 23.0 Å². The molecule has 2 amide bonds. The Morgan fingerprint density at radius 2 is 1.75 bits per heavy atom. The van der Waals surface area contributed by atoms with Crippen molar-refractivity contribution in [2.75, 3.05) is 6.54 Å². The van der Waals surface area contributed by atoms with Gasteiger partial charge in [-0.2, -0.15) is 0 Å². The maximum atomic E-state index is 12.9. The third-order valence-electron chi connectivity index (χ3n) is 6.63. The van der Waals surface area contributed by atoms with Crippen molar-refractivity contribution < 1.29 is 9.59 Å². The van der Waals surface area contributed by atoms with E-state index in [0.717, 1.165) is 19.3 Å². The summed E-state index contributed by atoms with van der Waals surface area (Å²) in [6, 6.07) is 8.90. The molecule has 0 spiro atoms. The number of carbonyl (C=O) groups excluding carboxylic acids is 2. The third-order valence-corrected chi connectivity index (χ3v) is 6.63. The number of carbonyl (C=O) groups is 2. The molecule has 0 radical (unpaired) electrons. The SMILES string of the molecule is Cc1ccc(C23CC4CC(CC(C(=O)NCC(N)=O)(C4)C2)C3)cc1. The number of benzene rings is 1. The highest BCUT2D eigenvalue weighted by atomic mass is 16.2. The predicted molar refractivity (Wildman–Crippen MR) is 92.2 cm³/mol. The Bertz CT molecular complexity index is 665. The molecule has 24 heavy (non-hydrogen) atoms. The first-order chi connectivity index (χ1) is 11.4. The van der Waals surface area contributed by atoms with E-state index in [1.54, 1.807) is 0 Å². The van der Waals surface area contributed by atoms with Crippen molar-refractivity contribution in [2.45, 2.75) is 50.9 Å². The fourth-order valence-electron chi connectivity index (χ4n) is 6.13. The summed E-state index contributed by atoms with van der Waals surface area (Å²) >= 11 is 0. The van der Waals surface area contributed by atoms with Crippen molar-refractivity contribution in [3.63, 3.8) is 0 Å². The zero-order valence-corrected chi connectivity index (χ0v) is 14.3. The minimum Gasteiger partial charge on any atom is -0.368 e. The van der Waals surface area contributed by atoms with E-state index in [1.165, 1.54) is 30.4 Å². The lowest BCUT2D eigenvalue weighted by Gasteiger charge is -2.61. The fourth-order valence-corrected chi connectivity index (χ4v) is 6.13. The Hall–Kier alpha value is -1.84. The highest BCUT2D eigenvalue weighted by Crippen LogP contribution is 2.65. The van der Waals surface area contributed by atoms with E-state index in [1.807, 2.05) is 0 Å². The zero-order valence-electron chi connectivity index (χ0n) is 14.3. The molecule has 128 valence electrons. The summed E-state index contributed by atoms with van der Waals surface area (Å²) in [5.74, 6) is 0.840. The molecule has 2 unspecified atom stereocenters. The molecule has 3 N–H and O–H groups in total. The van der Waals surface area contributed by atoms with Crippen molar-refractivity contribution >= 4 is 11.8 Å². The Balaban J connectivity index is 1.65. The lowest BCUT2D eigenvalue weighted by atomic mass is 9.42. The normalized spacial score (nSPS) is 36.5. The van der Waals surface area contributed by atoms with Gasteiger partial charge in [-0.15, -0.1) is 0 Å². The molecule has 4 fully saturated rings. The molecule has 0 heterocycles. The summed E-state index contributed by atoms with van der Waals surface area (Å²) in [4.78, 5) is 24.0. The molecule has 4 saturated carbocycles. The van der Waals surface area contributed by atoms with Gasteiger partial charge < -0.3 is 11.1 Å². The van der Waals surface area contributed by atoms with Crippen LogP contribution in [0.3, 0.4) is 0 Å². The predicted octanol–water partition coefficient (Wildman–Crippen LogP) is 2.43. The Morgan fingerprint density at radius 3 is 2.33 bits per heavy atom. The van der Waals surface area contributed by atoms with E-state index in [-0.39, 0.29) is 23.3 Å². The van der Waals surface area contributed by atoms with Crippen LogP contribution in [0.1, 0.15) is 49.7 Å². The van der Waals surface area contributed by atoms with Crippen molar-refractivity contribution in [1.82, 2.24) is 5.32 Å². The molecule has 4 aliphatic rings. The van der Waals surface area contributed by atoms with Crippen LogP contribution in [0.2, 0.25) is 0 Å². The number of nitrogens with one attached hydrogen (secondary N) is 1. The van der Waals surface area contributed by atoms with Gasteiger partial charge in [-0.3, -0.25) is 9.59 Å². The maximum Gasteiger partial charge on any atom is 0.236 e. The van der Waals surface area contributed by atoms with Crippen LogP contribution in [-0.2, 0) is 15.0 Å². The van der Waals surface area contributed by atoms with Gasteiger partial charge in [0.25, 0.3) is 0 Å². The van der Waals surface area contributed by atoms with Crippen molar-refractivity contribution in [3.05, 3.63) is 35.4 Å². The van der Waals surface area contributed by atoms with Crippen LogP contribution in [-0.4, -0.2) is 18.4 Å².